The SMILES string of the molecule is COc1cc(-c2cnn(C3CCN(CC4(OC)CNC4)CC3)c2C)cn2ncc(C#N)c12. The first-order valence-electron chi connectivity index (χ1n) is 11.1. The molecule has 2 aliphatic heterocycles. The molecule has 2 aliphatic rings. The van der Waals surface area contributed by atoms with Gasteiger partial charge in [0, 0.05) is 62.9 Å². The number of hydrogen-bond acceptors (Lipinski definition) is 7. The fourth-order valence-corrected chi connectivity index (χ4v) is 5.00. The molecular weight excluding hydrogens is 406 g/mol. The van der Waals surface area contributed by atoms with Crippen LogP contribution in [0.1, 0.15) is 30.1 Å². The second-order valence-electron chi connectivity index (χ2n) is 8.85. The Morgan fingerprint density at radius 1 is 1.22 bits per heavy atom. The molecule has 9 heteroatoms. The Labute approximate surface area is 187 Å². The van der Waals surface area contributed by atoms with Crippen LogP contribution in [0.5, 0.6) is 5.75 Å². The first-order chi connectivity index (χ1) is 15.6. The van der Waals surface area contributed by atoms with E-state index in [1.54, 1.807) is 17.8 Å². The van der Waals surface area contributed by atoms with Crippen LogP contribution < -0.4 is 10.1 Å². The highest BCUT2D eigenvalue weighted by molar-refractivity contribution is 5.75. The van der Waals surface area contributed by atoms with Gasteiger partial charge in [-0.15, -0.1) is 0 Å². The molecule has 0 aliphatic carbocycles. The molecule has 0 bridgehead atoms. The number of hydrogen-bond donors (Lipinski definition) is 1. The molecule has 0 unspecified atom stereocenters. The number of methoxy groups -OCH3 is 2. The zero-order valence-corrected chi connectivity index (χ0v) is 18.8. The topological polar surface area (TPSA) is 92.6 Å². The van der Waals surface area contributed by atoms with Gasteiger partial charge in [0.05, 0.1) is 25.5 Å². The predicted octanol–water partition coefficient (Wildman–Crippen LogP) is 2.01. The highest BCUT2D eigenvalue weighted by Crippen LogP contribution is 2.33. The summed E-state index contributed by atoms with van der Waals surface area (Å²) in [5.41, 5.74) is 4.33. The first kappa shape index (κ1) is 20.9. The zero-order valence-electron chi connectivity index (χ0n) is 18.8. The van der Waals surface area contributed by atoms with Gasteiger partial charge >= 0.3 is 0 Å². The van der Waals surface area contributed by atoms with Crippen molar-refractivity contribution in [2.75, 3.05) is 46.9 Å². The highest BCUT2D eigenvalue weighted by Gasteiger charge is 2.39. The van der Waals surface area contributed by atoms with E-state index in [1.807, 2.05) is 25.6 Å². The summed E-state index contributed by atoms with van der Waals surface area (Å²) in [4.78, 5) is 2.52. The molecule has 0 radical (unpaired) electrons. The van der Waals surface area contributed by atoms with Gasteiger partial charge in [-0.2, -0.15) is 15.5 Å². The number of nitriles is 1. The number of likely N-dealkylation sites (tertiary alicyclic amines) is 1. The molecule has 3 aromatic rings. The summed E-state index contributed by atoms with van der Waals surface area (Å²) in [6, 6.07) is 4.53. The minimum atomic E-state index is -0.0166. The van der Waals surface area contributed by atoms with E-state index in [2.05, 4.69) is 33.0 Å². The van der Waals surface area contributed by atoms with Crippen LogP contribution in [0.25, 0.3) is 16.6 Å². The summed E-state index contributed by atoms with van der Waals surface area (Å²) >= 11 is 0. The smallest absolute Gasteiger partial charge is 0.146 e. The second-order valence-corrected chi connectivity index (χ2v) is 8.85. The van der Waals surface area contributed by atoms with E-state index in [1.165, 1.54) is 0 Å². The maximum atomic E-state index is 9.35. The van der Waals surface area contributed by atoms with Crippen molar-refractivity contribution >= 4 is 5.52 Å². The van der Waals surface area contributed by atoms with Gasteiger partial charge in [-0.3, -0.25) is 4.68 Å². The molecule has 32 heavy (non-hydrogen) atoms. The molecular formula is C23H29N7O2. The Morgan fingerprint density at radius 3 is 2.62 bits per heavy atom. The number of nitrogens with zero attached hydrogens (tertiary/aromatic N) is 6. The molecule has 2 saturated heterocycles. The second kappa shape index (κ2) is 8.20. The van der Waals surface area contributed by atoms with E-state index in [4.69, 9.17) is 14.6 Å². The number of pyridine rings is 1. The fourth-order valence-electron chi connectivity index (χ4n) is 5.00. The van der Waals surface area contributed by atoms with Crippen LogP contribution in [0.2, 0.25) is 0 Å². The van der Waals surface area contributed by atoms with Crippen molar-refractivity contribution in [2.24, 2.45) is 0 Å². The van der Waals surface area contributed by atoms with Gasteiger partial charge in [-0.1, -0.05) is 0 Å². The molecule has 2 fully saturated rings. The van der Waals surface area contributed by atoms with Crippen molar-refractivity contribution in [2.45, 2.75) is 31.4 Å². The Bertz CT molecular complexity index is 1160. The minimum absolute atomic E-state index is 0.0166. The summed E-state index contributed by atoms with van der Waals surface area (Å²) in [6.07, 6.45) is 7.58. The van der Waals surface area contributed by atoms with Crippen LogP contribution >= 0.6 is 0 Å². The molecule has 5 heterocycles. The van der Waals surface area contributed by atoms with E-state index in [0.717, 1.165) is 62.4 Å². The molecule has 0 atom stereocenters. The molecule has 0 aromatic carbocycles. The Kier molecular flexibility index (Phi) is 5.37. The monoisotopic (exact) mass is 435 g/mol. The largest absolute Gasteiger partial charge is 0.494 e. The number of fused-ring (bicyclic) bond motifs is 1. The zero-order chi connectivity index (χ0) is 22.3. The number of nitrogens with one attached hydrogen (secondary N) is 1. The van der Waals surface area contributed by atoms with E-state index >= 15 is 0 Å². The van der Waals surface area contributed by atoms with Gasteiger partial charge in [0.1, 0.15) is 28.5 Å². The van der Waals surface area contributed by atoms with Crippen LogP contribution in [0.3, 0.4) is 0 Å². The quantitative estimate of drug-likeness (QED) is 0.633. The van der Waals surface area contributed by atoms with Gasteiger partial charge in [0.25, 0.3) is 0 Å². The van der Waals surface area contributed by atoms with Crippen molar-refractivity contribution in [1.82, 2.24) is 29.6 Å². The van der Waals surface area contributed by atoms with Gasteiger partial charge < -0.3 is 19.7 Å². The molecule has 0 amide bonds. The van der Waals surface area contributed by atoms with Crippen LogP contribution in [-0.4, -0.2) is 76.8 Å². The van der Waals surface area contributed by atoms with Gasteiger partial charge in [-0.25, -0.2) is 4.52 Å². The van der Waals surface area contributed by atoms with Gasteiger partial charge in [-0.05, 0) is 25.8 Å². The average Bonchev–Trinajstić information content (AvgIpc) is 3.39. The first-order valence-corrected chi connectivity index (χ1v) is 11.1. The summed E-state index contributed by atoms with van der Waals surface area (Å²) in [5, 5.41) is 21.8. The Balaban J connectivity index is 1.35. The predicted molar refractivity (Wildman–Crippen MR) is 120 cm³/mol. The summed E-state index contributed by atoms with van der Waals surface area (Å²) in [6.45, 7) is 7.08. The average molecular weight is 436 g/mol. The normalized spacial score (nSPS) is 19.1. The summed E-state index contributed by atoms with van der Waals surface area (Å²) in [5.74, 6) is 0.634. The maximum Gasteiger partial charge on any atom is 0.146 e. The van der Waals surface area contributed by atoms with Crippen LogP contribution in [0.15, 0.2) is 24.7 Å². The lowest BCUT2D eigenvalue weighted by Crippen LogP contribution is -2.66. The number of aromatic nitrogens is 4. The molecule has 0 spiro atoms. The van der Waals surface area contributed by atoms with Crippen LogP contribution in [0.4, 0.5) is 0 Å². The number of rotatable bonds is 6. The molecule has 1 N–H and O–H groups in total. The van der Waals surface area contributed by atoms with Crippen molar-refractivity contribution in [3.05, 3.63) is 35.9 Å². The van der Waals surface area contributed by atoms with Crippen molar-refractivity contribution in [3.63, 3.8) is 0 Å². The lowest BCUT2D eigenvalue weighted by Gasteiger charge is -2.45. The van der Waals surface area contributed by atoms with Gasteiger partial charge in [0.2, 0.25) is 0 Å². The third kappa shape index (κ3) is 3.45. The van der Waals surface area contributed by atoms with Crippen molar-refractivity contribution in [3.8, 4) is 22.9 Å². The lowest BCUT2D eigenvalue weighted by atomic mass is 9.94. The third-order valence-corrected chi connectivity index (χ3v) is 7.01. The maximum absolute atomic E-state index is 9.35. The fraction of sp³-hybridized carbons (Fsp3) is 0.522. The molecule has 0 saturated carbocycles. The summed E-state index contributed by atoms with van der Waals surface area (Å²) in [7, 11) is 3.43. The Morgan fingerprint density at radius 2 is 2.00 bits per heavy atom. The van der Waals surface area contributed by atoms with E-state index in [-0.39, 0.29) is 5.60 Å². The molecule has 3 aromatic heterocycles. The standard InChI is InChI=1S/C23H29N7O2/c1-16-20(17-8-21(31-2)22-18(9-24)10-26-29(22)12-17)11-27-30(16)19-4-6-28(7-5-19)15-23(32-3)13-25-14-23/h8,10-12,19,25H,4-7,13-15H2,1-3H3. The highest BCUT2D eigenvalue weighted by atomic mass is 16.5. The van der Waals surface area contributed by atoms with E-state index in [9.17, 15) is 5.26 Å². The Hall–Kier alpha value is -2.93. The molecule has 168 valence electrons. The van der Waals surface area contributed by atoms with Crippen molar-refractivity contribution in [1.29, 1.82) is 5.26 Å². The molecule has 5 rings (SSSR count). The van der Waals surface area contributed by atoms with Gasteiger partial charge in [0.15, 0.2) is 0 Å². The van der Waals surface area contributed by atoms with Crippen LogP contribution in [0, 0.1) is 18.3 Å². The van der Waals surface area contributed by atoms with Crippen molar-refractivity contribution < 1.29 is 9.47 Å². The lowest BCUT2D eigenvalue weighted by molar-refractivity contribution is -0.0762. The summed E-state index contributed by atoms with van der Waals surface area (Å²) < 4.78 is 15.2. The minimum Gasteiger partial charge on any atom is -0.494 e. The number of piperidine rings is 1. The molecule has 9 nitrogen and oxygen atoms in total. The van der Waals surface area contributed by atoms with E-state index in [0.29, 0.717) is 22.9 Å². The van der Waals surface area contributed by atoms with Crippen LogP contribution in [-0.2, 0) is 4.74 Å². The van der Waals surface area contributed by atoms with E-state index < -0.39 is 0 Å². The number of ether oxygens (including phenoxy) is 2. The third-order valence-electron chi connectivity index (χ3n) is 7.01.